The second-order valence-corrected chi connectivity index (χ2v) is 4.90. The lowest BCUT2D eigenvalue weighted by Gasteiger charge is -2.30. The van der Waals surface area contributed by atoms with Crippen LogP contribution in [0.4, 0.5) is 0 Å². The van der Waals surface area contributed by atoms with E-state index in [1.54, 1.807) is 19.3 Å². The number of carbonyl (C=O) groups excluding carboxylic acids is 1. The molecule has 1 amide bonds. The Morgan fingerprint density at radius 1 is 1.32 bits per heavy atom. The van der Waals surface area contributed by atoms with Crippen LogP contribution < -0.4 is 0 Å². The summed E-state index contributed by atoms with van der Waals surface area (Å²) in [5, 5.41) is 13.3. The fourth-order valence-electron chi connectivity index (χ4n) is 2.52. The summed E-state index contributed by atoms with van der Waals surface area (Å²) in [4.78, 5) is 25.3. The van der Waals surface area contributed by atoms with Gasteiger partial charge in [0, 0.05) is 19.8 Å². The van der Waals surface area contributed by atoms with Crippen molar-refractivity contribution in [3.63, 3.8) is 0 Å². The van der Waals surface area contributed by atoms with E-state index < -0.39 is 12.0 Å². The third kappa shape index (κ3) is 2.94. The number of amides is 1. The van der Waals surface area contributed by atoms with Crippen LogP contribution in [0.2, 0.25) is 0 Å². The van der Waals surface area contributed by atoms with Crippen molar-refractivity contribution in [3.8, 4) is 0 Å². The van der Waals surface area contributed by atoms with Crippen molar-refractivity contribution < 1.29 is 14.7 Å². The van der Waals surface area contributed by atoms with Crippen LogP contribution in [0.15, 0.2) is 12.3 Å². The van der Waals surface area contributed by atoms with E-state index in [4.69, 9.17) is 0 Å². The minimum Gasteiger partial charge on any atom is -0.480 e. The van der Waals surface area contributed by atoms with Gasteiger partial charge in [-0.2, -0.15) is 5.10 Å². The summed E-state index contributed by atoms with van der Waals surface area (Å²) in [6, 6.07) is 0.905. The molecule has 104 valence electrons. The number of rotatable bonds is 2. The average molecular weight is 265 g/mol. The summed E-state index contributed by atoms with van der Waals surface area (Å²) >= 11 is 0. The smallest absolute Gasteiger partial charge is 0.326 e. The van der Waals surface area contributed by atoms with Gasteiger partial charge in [0.2, 0.25) is 0 Å². The molecule has 1 fully saturated rings. The Labute approximate surface area is 112 Å². The monoisotopic (exact) mass is 265 g/mol. The number of hydrogen-bond acceptors (Lipinski definition) is 3. The Balaban J connectivity index is 2.24. The van der Waals surface area contributed by atoms with Crippen LogP contribution in [0.25, 0.3) is 0 Å². The molecule has 1 N–H and O–H groups in total. The number of carboxylic acid groups (broad SMARTS) is 1. The van der Waals surface area contributed by atoms with Crippen LogP contribution in [0.3, 0.4) is 0 Å². The van der Waals surface area contributed by atoms with Gasteiger partial charge in [0.25, 0.3) is 5.91 Å². The molecule has 6 heteroatoms. The lowest BCUT2D eigenvalue weighted by atomic mass is 10.0. The highest BCUT2D eigenvalue weighted by atomic mass is 16.4. The van der Waals surface area contributed by atoms with Crippen LogP contribution in [0, 0.1) is 0 Å². The van der Waals surface area contributed by atoms with Crippen molar-refractivity contribution in [2.45, 2.75) is 38.1 Å². The Kier molecular flexibility index (Phi) is 4.19. The van der Waals surface area contributed by atoms with E-state index in [2.05, 4.69) is 5.10 Å². The zero-order valence-corrected chi connectivity index (χ0v) is 11.1. The van der Waals surface area contributed by atoms with Gasteiger partial charge < -0.3 is 10.0 Å². The number of nitrogens with zero attached hydrogens (tertiary/aromatic N) is 3. The Bertz CT molecular complexity index is 469. The Hall–Kier alpha value is -1.85. The lowest BCUT2D eigenvalue weighted by Crippen LogP contribution is -2.46. The topological polar surface area (TPSA) is 75.4 Å². The maximum atomic E-state index is 12.5. The van der Waals surface area contributed by atoms with Gasteiger partial charge in [0.05, 0.1) is 0 Å². The highest BCUT2D eigenvalue weighted by molar-refractivity contribution is 5.95. The number of aromatic nitrogens is 2. The van der Waals surface area contributed by atoms with E-state index in [1.807, 2.05) is 0 Å². The zero-order valence-electron chi connectivity index (χ0n) is 11.1. The predicted octanol–water partition coefficient (Wildman–Crippen LogP) is 1.28. The Morgan fingerprint density at radius 3 is 2.68 bits per heavy atom. The fraction of sp³-hybridized carbons (Fsp3) is 0.615. The van der Waals surface area contributed by atoms with Gasteiger partial charge in [-0.05, 0) is 18.9 Å². The van der Waals surface area contributed by atoms with E-state index in [-0.39, 0.29) is 5.91 Å². The highest BCUT2D eigenvalue weighted by Gasteiger charge is 2.31. The molecule has 0 aliphatic carbocycles. The van der Waals surface area contributed by atoms with Gasteiger partial charge in [-0.1, -0.05) is 19.3 Å². The minimum atomic E-state index is -0.919. The third-order valence-corrected chi connectivity index (χ3v) is 3.59. The molecular formula is C13H19N3O3. The quantitative estimate of drug-likeness (QED) is 0.874. The van der Waals surface area contributed by atoms with Crippen LogP contribution >= 0.6 is 0 Å². The van der Waals surface area contributed by atoms with Crippen LogP contribution in [0.1, 0.15) is 42.6 Å². The average Bonchev–Trinajstić information content (AvgIpc) is 2.74. The Morgan fingerprint density at radius 2 is 2.05 bits per heavy atom. The predicted molar refractivity (Wildman–Crippen MR) is 68.8 cm³/mol. The molecule has 0 spiro atoms. The fourth-order valence-corrected chi connectivity index (χ4v) is 2.52. The number of aliphatic carboxylic acids is 1. The molecule has 2 heterocycles. The molecule has 0 radical (unpaired) electrons. The molecule has 19 heavy (non-hydrogen) atoms. The molecule has 1 unspecified atom stereocenters. The first-order chi connectivity index (χ1) is 9.11. The van der Waals surface area contributed by atoms with Crippen molar-refractivity contribution >= 4 is 11.9 Å². The summed E-state index contributed by atoms with van der Waals surface area (Å²) in [6.45, 7) is 0.501. The molecule has 0 bridgehead atoms. The van der Waals surface area contributed by atoms with E-state index in [0.29, 0.717) is 18.7 Å². The molecule has 1 aromatic rings. The van der Waals surface area contributed by atoms with Crippen molar-refractivity contribution in [2.75, 3.05) is 6.54 Å². The maximum Gasteiger partial charge on any atom is 0.326 e. The SMILES string of the molecule is Cn1nccc1C(=O)N1CCCCCCC1C(=O)O. The van der Waals surface area contributed by atoms with Crippen molar-refractivity contribution in [1.82, 2.24) is 14.7 Å². The van der Waals surface area contributed by atoms with E-state index in [1.165, 1.54) is 9.58 Å². The van der Waals surface area contributed by atoms with Gasteiger partial charge in [-0.15, -0.1) is 0 Å². The van der Waals surface area contributed by atoms with E-state index in [9.17, 15) is 14.7 Å². The second kappa shape index (κ2) is 5.86. The number of carboxylic acids is 1. The summed E-state index contributed by atoms with van der Waals surface area (Å²) in [5.41, 5.74) is 0.437. The number of likely N-dealkylation sites (tertiary alicyclic amines) is 1. The first-order valence-electron chi connectivity index (χ1n) is 6.63. The molecule has 0 aromatic carbocycles. The van der Waals surface area contributed by atoms with Gasteiger partial charge in [0.15, 0.2) is 0 Å². The first kappa shape index (κ1) is 13.6. The molecule has 1 aliphatic rings. The summed E-state index contributed by atoms with van der Waals surface area (Å²) in [7, 11) is 1.69. The first-order valence-corrected chi connectivity index (χ1v) is 6.63. The zero-order chi connectivity index (χ0) is 13.8. The van der Waals surface area contributed by atoms with Gasteiger partial charge in [-0.25, -0.2) is 4.79 Å². The molecule has 2 rings (SSSR count). The largest absolute Gasteiger partial charge is 0.480 e. The summed E-state index contributed by atoms with van der Waals surface area (Å²) in [5.74, 6) is -1.16. The lowest BCUT2D eigenvalue weighted by molar-refractivity contribution is -0.142. The second-order valence-electron chi connectivity index (χ2n) is 4.90. The van der Waals surface area contributed by atoms with E-state index >= 15 is 0 Å². The molecule has 1 aromatic heterocycles. The van der Waals surface area contributed by atoms with E-state index in [0.717, 1.165) is 25.7 Å². The summed E-state index contributed by atoms with van der Waals surface area (Å²) < 4.78 is 1.49. The molecule has 1 atom stereocenters. The van der Waals surface area contributed by atoms with Crippen molar-refractivity contribution in [2.24, 2.45) is 7.05 Å². The van der Waals surface area contributed by atoms with Gasteiger partial charge in [-0.3, -0.25) is 9.48 Å². The van der Waals surface area contributed by atoms with Crippen LogP contribution in [0.5, 0.6) is 0 Å². The summed E-state index contributed by atoms with van der Waals surface area (Å²) in [6.07, 6.45) is 5.87. The van der Waals surface area contributed by atoms with Gasteiger partial charge in [0.1, 0.15) is 11.7 Å². The van der Waals surface area contributed by atoms with Crippen molar-refractivity contribution in [3.05, 3.63) is 18.0 Å². The van der Waals surface area contributed by atoms with Crippen LogP contribution in [-0.2, 0) is 11.8 Å². The highest BCUT2D eigenvalue weighted by Crippen LogP contribution is 2.19. The maximum absolute atomic E-state index is 12.5. The van der Waals surface area contributed by atoms with Crippen LogP contribution in [-0.4, -0.2) is 44.3 Å². The standard InChI is InChI=1S/C13H19N3O3/c1-15-10(7-8-14-15)12(17)16-9-5-3-2-4-6-11(16)13(18)19/h7-8,11H,2-6,9H2,1H3,(H,18,19). The molecule has 1 aliphatic heterocycles. The number of carbonyl (C=O) groups is 2. The number of aryl methyl sites for hydroxylation is 1. The molecule has 1 saturated heterocycles. The molecular weight excluding hydrogens is 246 g/mol. The molecule has 6 nitrogen and oxygen atoms in total. The van der Waals surface area contributed by atoms with Crippen molar-refractivity contribution in [1.29, 1.82) is 0 Å². The number of hydrogen-bond donors (Lipinski definition) is 1. The third-order valence-electron chi connectivity index (χ3n) is 3.59. The normalized spacial score (nSPS) is 20.7. The minimum absolute atomic E-state index is 0.241. The molecule has 0 saturated carbocycles. The van der Waals surface area contributed by atoms with Gasteiger partial charge >= 0.3 is 5.97 Å².